The Bertz CT molecular complexity index is 499. The lowest BCUT2D eigenvalue weighted by molar-refractivity contribution is -0.154. The number of carboxylic acids is 1. The van der Waals surface area contributed by atoms with Gasteiger partial charge in [0.25, 0.3) is 5.91 Å². The van der Waals surface area contributed by atoms with E-state index in [-0.39, 0.29) is 30.7 Å². The molecule has 7 heteroatoms. The second kappa shape index (κ2) is 6.04. The van der Waals surface area contributed by atoms with Crippen molar-refractivity contribution in [3.63, 3.8) is 0 Å². The average Bonchev–Trinajstić information content (AvgIpc) is 2.95. The van der Waals surface area contributed by atoms with Crippen molar-refractivity contribution in [1.29, 1.82) is 0 Å². The highest BCUT2D eigenvalue weighted by Gasteiger charge is 2.31. The van der Waals surface area contributed by atoms with Gasteiger partial charge < -0.3 is 19.3 Å². The van der Waals surface area contributed by atoms with Crippen LogP contribution in [-0.4, -0.2) is 52.8 Å². The lowest BCUT2D eigenvalue weighted by Crippen LogP contribution is -2.48. The summed E-state index contributed by atoms with van der Waals surface area (Å²) in [7, 11) is 0. The predicted octanol–water partition coefficient (Wildman–Crippen LogP) is 1.11. The molecule has 20 heavy (non-hydrogen) atoms. The van der Waals surface area contributed by atoms with Crippen LogP contribution in [0.3, 0.4) is 0 Å². The van der Waals surface area contributed by atoms with E-state index in [4.69, 9.17) is 14.4 Å². The van der Waals surface area contributed by atoms with Crippen molar-refractivity contribution in [1.82, 2.24) is 10.1 Å². The van der Waals surface area contributed by atoms with Crippen LogP contribution < -0.4 is 0 Å². The summed E-state index contributed by atoms with van der Waals surface area (Å²) in [5.41, 5.74) is 0.735. The van der Waals surface area contributed by atoms with Crippen LogP contribution in [0.2, 0.25) is 0 Å². The zero-order valence-corrected chi connectivity index (χ0v) is 11.5. The van der Waals surface area contributed by atoms with Crippen molar-refractivity contribution >= 4 is 11.9 Å². The van der Waals surface area contributed by atoms with E-state index in [0.717, 1.165) is 12.1 Å². The minimum atomic E-state index is -1.07. The van der Waals surface area contributed by atoms with Gasteiger partial charge in [0.05, 0.1) is 18.8 Å². The standard InChI is InChI=1S/C13H18N2O5/c1-3-8(2)9-6-10(20-14-9)12(16)15-4-5-19-11(7-15)13(17)18/h6,8,11H,3-5,7H2,1-2H3,(H,17,18)/t8-,11-/m0/s1. The number of aliphatic carboxylic acids is 1. The third-order valence-corrected chi connectivity index (χ3v) is 3.49. The Morgan fingerprint density at radius 1 is 1.60 bits per heavy atom. The van der Waals surface area contributed by atoms with Gasteiger partial charge in [0.2, 0.25) is 5.76 Å². The number of hydrogen-bond acceptors (Lipinski definition) is 5. The number of ether oxygens (including phenoxy) is 1. The quantitative estimate of drug-likeness (QED) is 0.889. The van der Waals surface area contributed by atoms with Crippen LogP contribution in [0.1, 0.15) is 42.4 Å². The van der Waals surface area contributed by atoms with Crippen LogP contribution in [0.4, 0.5) is 0 Å². The lowest BCUT2D eigenvalue weighted by Gasteiger charge is -2.29. The molecule has 1 saturated heterocycles. The molecule has 0 radical (unpaired) electrons. The number of nitrogens with zero attached hydrogens (tertiary/aromatic N) is 2. The van der Waals surface area contributed by atoms with Crippen molar-refractivity contribution < 1.29 is 24.0 Å². The summed E-state index contributed by atoms with van der Waals surface area (Å²) in [6.07, 6.45) is -0.0802. The maximum absolute atomic E-state index is 12.2. The van der Waals surface area contributed by atoms with E-state index in [1.807, 2.05) is 13.8 Å². The zero-order valence-electron chi connectivity index (χ0n) is 11.5. The molecule has 2 atom stereocenters. The second-order valence-electron chi connectivity index (χ2n) is 4.87. The summed E-state index contributed by atoms with van der Waals surface area (Å²) in [5.74, 6) is -1.05. The molecule has 1 amide bonds. The van der Waals surface area contributed by atoms with Crippen LogP contribution in [0.5, 0.6) is 0 Å². The van der Waals surface area contributed by atoms with Gasteiger partial charge in [-0.2, -0.15) is 0 Å². The largest absolute Gasteiger partial charge is 0.479 e. The molecule has 1 aromatic rings. The van der Waals surface area contributed by atoms with Crippen molar-refractivity contribution in [2.24, 2.45) is 0 Å². The number of hydrogen-bond donors (Lipinski definition) is 1. The normalized spacial score (nSPS) is 20.7. The van der Waals surface area contributed by atoms with E-state index in [9.17, 15) is 9.59 Å². The van der Waals surface area contributed by atoms with Gasteiger partial charge in [0, 0.05) is 18.5 Å². The molecular weight excluding hydrogens is 264 g/mol. The Morgan fingerprint density at radius 3 is 3.00 bits per heavy atom. The number of carboxylic acid groups (broad SMARTS) is 1. The fourth-order valence-electron chi connectivity index (χ4n) is 1.97. The van der Waals surface area contributed by atoms with Gasteiger partial charge >= 0.3 is 5.97 Å². The minimum absolute atomic E-state index is 0.0214. The van der Waals surface area contributed by atoms with Crippen LogP contribution in [0, 0.1) is 0 Å². The van der Waals surface area contributed by atoms with E-state index in [1.54, 1.807) is 6.07 Å². The summed E-state index contributed by atoms with van der Waals surface area (Å²) in [5, 5.41) is 12.8. The SMILES string of the molecule is CC[C@H](C)c1cc(C(=O)N2CCO[C@H](C(=O)O)C2)on1. The van der Waals surface area contributed by atoms with Crippen LogP contribution in [0.25, 0.3) is 0 Å². The Labute approximate surface area is 116 Å². The Balaban J connectivity index is 2.07. The van der Waals surface area contributed by atoms with Crippen molar-refractivity contribution in [3.05, 3.63) is 17.5 Å². The van der Waals surface area contributed by atoms with E-state index in [2.05, 4.69) is 5.16 Å². The van der Waals surface area contributed by atoms with E-state index < -0.39 is 12.1 Å². The van der Waals surface area contributed by atoms with Crippen molar-refractivity contribution in [3.8, 4) is 0 Å². The first-order chi connectivity index (χ1) is 9.52. The molecular formula is C13H18N2O5. The molecule has 0 bridgehead atoms. The molecule has 1 aromatic heterocycles. The summed E-state index contributed by atoms with van der Waals surface area (Å²) in [4.78, 5) is 24.5. The van der Waals surface area contributed by atoms with Gasteiger partial charge in [0.1, 0.15) is 0 Å². The molecule has 7 nitrogen and oxygen atoms in total. The molecule has 0 spiro atoms. The highest BCUT2D eigenvalue weighted by molar-refractivity contribution is 5.92. The Kier molecular flexibility index (Phi) is 4.39. The molecule has 2 heterocycles. The molecule has 1 N–H and O–H groups in total. The molecule has 0 saturated carbocycles. The first-order valence-corrected chi connectivity index (χ1v) is 6.63. The fourth-order valence-corrected chi connectivity index (χ4v) is 1.97. The van der Waals surface area contributed by atoms with Crippen molar-refractivity contribution in [2.75, 3.05) is 19.7 Å². The van der Waals surface area contributed by atoms with Gasteiger partial charge in [-0.1, -0.05) is 19.0 Å². The summed E-state index contributed by atoms with van der Waals surface area (Å²) >= 11 is 0. The summed E-state index contributed by atoms with van der Waals surface area (Å²) in [6, 6.07) is 1.63. The number of aromatic nitrogens is 1. The van der Waals surface area contributed by atoms with Crippen LogP contribution >= 0.6 is 0 Å². The first-order valence-electron chi connectivity index (χ1n) is 6.63. The maximum Gasteiger partial charge on any atom is 0.334 e. The topological polar surface area (TPSA) is 92.9 Å². The smallest absolute Gasteiger partial charge is 0.334 e. The van der Waals surface area contributed by atoms with E-state index >= 15 is 0 Å². The van der Waals surface area contributed by atoms with Crippen molar-refractivity contribution in [2.45, 2.75) is 32.3 Å². The monoisotopic (exact) mass is 282 g/mol. The summed E-state index contributed by atoms with van der Waals surface area (Å²) < 4.78 is 10.1. The van der Waals surface area contributed by atoms with Crippen LogP contribution in [0.15, 0.2) is 10.6 Å². The molecule has 110 valence electrons. The predicted molar refractivity (Wildman–Crippen MR) is 68.5 cm³/mol. The van der Waals surface area contributed by atoms with Gasteiger partial charge in [-0.15, -0.1) is 0 Å². The number of morpholine rings is 1. The van der Waals surface area contributed by atoms with Gasteiger partial charge in [-0.3, -0.25) is 4.79 Å². The number of rotatable bonds is 4. The molecule has 0 unspecified atom stereocenters. The third kappa shape index (κ3) is 2.98. The first kappa shape index (κ1) is 14.5. The number of carbonyl (C=O) groups is 2. The van der Waals surface area contributed by atoms with Gasteiger partial charge in [0.15, 0.2) is 6.10 Å². The van der Waals surface area contributed by atoms with Gasteiger partial charge in [-0.25, -0.2) is 4.79 Å². The maximum atomic E-state index is 12.2. The molecule has 0 aromatic carbocycles. The highest BCUT2D eigenvalue weighted by atomic mass is 16.5. The van der Waals surface area contributed by atoms with E-state index in [1.165, 1.54) is 4.90 Å². The number of amides is 1. The van der Waals surface area contributed by atoms with Crippen LogP contribution in [-0.2, 0) is 9.53 Å². The molecule has 1 aliphatic rings. The Morgan fingerprint density at radius 2 is 2.35 bits per heavy atom. The third-order valence-electron chi connectivity index (χ3n) is 3.49. The molecule has 1 aliphatic heterocycles. The molecule has 1 fully saturated rings. The lowest BCUT2D eigenvalue weighted by atomic mass is 10.1. The second-order valence-corrected chi connectivity index (χ2v) is 4.87. The van der Waals surface area contributed by atoms with Gasteiger partial charge in [-0.05, 0) is 6.42 Å². The summed E-state index contributed by atoms with van der Waals surface area (Å²) in [6.45, 7) is 4.60. The fraction of sp³-hybridized carbons (Fsp3) is 0.615. The number of carbonyl (C=O) groups excluding carboxylic acids is 1. The molecule has 0 aliphatic carbocycles. The zero-order chi connectivity index (χ0) is 14.7. The highest BCUT2D eigenvalue weighted by Crippen LogP contribution is 2.19. The molecule has 2 rings (SSSR count). The average molecular weight is 282 g/mol. The minimum Gasteiger partial charge on any atom is -0.479 e. The Hall–Kier alpha value is -1.89. The van der Waals surface area contributed by atoms with E-state index in [0.29, 0.717) is 6.54 Å².